The molecule has 4 aliphatic rings. The van der Waals surface area contributed by atoms with Gasteiger partial charge in [0.05, 0.1) is 28.7 Å². The third-order valence-electron chi connectivity index (χ3n) is 10.5. The van der Waals surface area contributed by atoms with Crippen molar-refractivity contribution in [2.45, 2.75) is 109 Å². The highest BCUT2D eigenvalue weighted by molar-refractivity contribution is 7.15. The van der Waals surface area contributed by atoms with E-state index in [1.807, 2.05) is 6.20 Å². The van der Waals surface area contributed by atoms with Gasteiger partial charge >= 0.3 is 0 Å². The zero-order chi connectivity index (χ0) is 36.1. The van der Waals surface area contributed by atoms with E-state index in [4.69, 9.17) is 29.3 Å². The zero-order valence-corrected chi connectivity index (χ0v) is 33.5. The fourth-order valence-corrected chi connectivity index (χ4v) is 10.3. The number of aromatic nitrogens is 6. The molecule has 4 aromatic heterocycles. The number of carbonyl (C=O) groups is 2. The summed E-state index contributed by atoms with van der Waals surface area (Å²) in [5.74, 6) is 1.17. The zero-order valence-electron chi connectivity index (χ0n) is 30.8. The van der Waals surface area contributed by atoms with Crippen molar-refractivity contribution >= 4 is 42.3 Å². The van der Waals surface area contributed by atoms with Crippen LogP contribution in [0.4, 0.5) is 0 Å². The molecule has 2 aliphatic heterocycles. The Bertz CT molecular complexity index is 1790. The minimum absolute atomic E-state index is 0.167. The first-order valence-corrected chi connectivity index (χ1v) is 24.4. The molecule has 8 rings (SSSR count). The summed E-state index contributed by atoms with van der Waals surface area (Å²) in [6.07, 6.45) is 15.2. The average Bonchev–Trinajstić information content (AvgIpc) is 3.96. The number of aryl methyl sites for hydroxylation is 4. The number of hydrogen-bond acceptors (Lipinski definition) is 11. The monoisotopic (exact) mass is 764 g/mol. The van der Waals surface area contributed by atoms with Crippen molar-refractivity contribution in [2.24, 2.45) is 11.8 Å². The Labute approximate surface area is 315 Å². The number of ether oxygens (including phenoxy) is 3. The van der Waals surface area contributed by atoms with Crippen LogP contribution in [0, 0.1) is 11.8 Å². The summed E-state index contributed by atoms with van der Waals surface area (Å²) in [7, 11) is -1.13. The summed E-state index contributed by atoms with van der Waals surface area (Å²) in [5.41, 5.74) is 5.33. The molecule has 2 fully saturated rings. The normalized spacial score (nSPS) is 17.9. The van der Waals surface area contributed by atoms with Gasteiger partial charge in [0.1, 0.15) is 28.1 Å². The van der Waals surface area contributed by atoms with Crippen LogP contribution in [0.3, 0.4) is 0 Å². The maximum atomic E-state index is 13.2. The Hall–Kier alpha value is -2.88. The quantitative estimate of drug-likeness (QED) is 0.0822. The molecule has 0 spiro atoms. The summed E-state index contributed by atoms with van der Waals surface area (Å²) >= 11 is 3.41. The molecule has 0 saturated carbocycles. The maximum Gasteiger partial charge on any atom is 0.167 e. The topological polar surface area (TPSA) is 134 Å². The number of aromatic amines is 1. The van der Waals surface area contributed by atoms with E-state index in [9.17, 15) is 9.59 Å². The summed E-state index contributed by atoms with van der Waals surface area (Å²) in [5, 5.41) is 13.6. The van der Waals surface area contributed by atoms with Gasteiger partial charge in [-0.3, -0.25) is 14.7 Å². The molecule has 0 atom stereocenters. The Balaban J connectivity index is 0.000000169. The first-order valence-electron chi connectivity index (χ1n) is 19.1. The van der Waals surface area contributed by atoms with Crippen molar-refractivity contribution in [2.75, 3.05) is 33.0 Å². The number of carbonyl (C=O) groups excluding carboxylic acids is 2. The van der Waals surface area contributed by atoms with Crippen LogP contribution in [0.5, 0.6) is 0 Å². The van der Waals surface area contributed by atoms with Gasteiger partial charge in [0.15, 0.2) is 11.6 Å². The number of nitrogens with one attached hydrogen (secondary N) is 1. The van der Waals surface area contributed by atoms with E-state index in [0.29, 0.717) is 42.5 Å². The summed E-state index contributed by atoms with van der Waals surface area (Å²) in [6.45, 7) is 11.2. The van der Waals surface area contributed by atoms with Gasteiger partial charge in [0.2, 0.25) is 0 Å². The van der Waals surface area contributed by atoms with Crippen LogP contribution >= 0.6 is 22.7 Å². The molecule has 0 bridgehead atoms. The van der Waals surface area contributed by atoms with Gasteiger partial charge < -0.3 is 14.2 Å². The summed E-state index contributed by atoms with van der Waals surface area (Å²) in [6, 6.07) is 1.12. The lowest BCUT2D eigenvalue weighted by Gasteiger charge is -2.21. The largest absolute Gasteiger partial charge is 0.381 e. The van der Waals surface area contributed by atoms with E-state index in [2.05, 4.69) is 29.8 Å². The number of rotatable bonds is 13. The number of nitrogens with zero attached hydrogens (tertiary/aromatic N) is 5. The Kier molecular flexibility index (Phi) is 12.3. The predicted octanol–water partition coefficient (Wildman–Crippen LogP) is 7.83. The second kappa shape index (κ2) is 17.1. The number of H-pyrrole nitrogens is 1. The molecule has 0 radical (unpaired) electrons. The van der Waals surface area contributed by atoms with Crippen LogP contribution in [0.2, 0.25) is 25.7 Å². The standard InChI is InChI=1S/C22H33N3O3SSi.C16H19N3O2S/c1-30(2,3)12-11-28-15-25-14-17(19(26)13-16-7-9-27-10-8-16)21(24-25)22-23-18-5-4-6-20(18)29-22;20-13(8-10-4-6-21-7-5-10)11-9-17-19-15(11)16-18-12-2-1-3-14(12)22-16/h14,16H,4-13,15H2,1-3H3;9-10H,1-8H2,(H,17,19). The van der Waals surface area contributed by atoms with E-state index in [1.165, 1.54) is 34.0 Å². The van der Waals surface area contributed by atoms with Crippen LogP contribution in [-0.4, -0.2) is 82.6 Å². The van der Waals surface area contributed by atoms with Crippen LogP contribution in [0.15, 0.2) is 12.4 Å². The molecule has 0 aromatic carbocycles. The van der Waals surface area contributed by atoms with Crippen LogP contribution in [0.25, 0.3) is 21.4 Å². The van der Waals surface area contributed by atoms with Crippen molar-refractivity contribution < 1.29 is 23.8 Å². The van der Waals surface area contributed by atoms with E-state index in [1.54, 1.807) is 33.6 Å². The molecule has 0 unspecified atom stereocenters. The van der Waals surface area contributed by atoms with Gasteiger partial charge in [-0.05, 0) is 82.1 Å². The van der Waals surface area contributed by atoms with Crippen molar-refractivity contribution in [1.29, 1.82) is 0 Å². The van der Waals surface area contributed by atoms with E-state index < -0.39 is 8.07 Å². The average molecular weight is 765 g/mol. The molecule has 1 N–H and O–H groups in total. The SMILES string of the molecule is C[Si](C)(C)CCOCn1cc(C(=O)CC2CCOCC2)c(-c2nc3c(s2)CCC3)n1.O=C(CC1CCOCC1)c1cn[nH]c1-c1nc2c(s1)CCC2. The smallest absolute Gasteiger partial charge is 0.167 e. The fourth-order valence-electron chi connectivity index (χ4n) is 7.28. The van der Waals surface area contributed by atoms with Crippen LogP contribution in [-0.2, 0) is 46.6 Å². The van der Waals surface area contributed by atoms with Gasteiger partial charge in [-0.1, -0.05) is 19.6 Å². The Morgan fingerprint density at radius 1 is 0.846 bits per heavy atom. The molecule has 52 heavy (non-hydrogen) atoms. The summed E-state index contributed by atoms with van der Waals surface area (Å²) in [4.78, 5) is 38.1. The Morgan fingerprint density at radius 3 is 2.02 bits per heavy atom. The number of thiazole rings is 2. The molecule has 6 heterocycles. The van der Waals surface area contributed by atoms with E-state index in [-0.39, 0.29) is 11.6 Å². The predicted molar refractivity (Wildman–Crippen MR) is 206 cm³/mol. The first-order chi connectivity index (χ1) is 25.2. The van der Waals surface area contributed by atoms with Crippen molar-refractivity contribution in [3.05, 3.63) is 44.7 Å². The number of Topliss-reactive ketones (excluding diaryl/α,β-unsaturated/α-hetero) is 2. The lowest BCUT2D eigenvalue weighted by atomic mass is 9.92. The molecule has 11 nitrogen and oxygen atoms in total. The molecular formula is C38H52N6O5S2Si. The van der Waals surface area contributed by atoms with Gasteiger partial charge in [-0.25, -0.2) is 14.6 Å². The van der Waals surface area contributed by atoms with E-state index in [0.717, 1.165) is 112 Å². The van der Waals surface area contributed by atoms with Gasteiger partial charge in [-0.2, -0.15) is 10.2 Å². The third-order valence-corrected chi connectivity index (χ3v) is 14.5. The second-order valence-corrected chi connectivity index (χ2v) is 23.6. The molecule has 14 heteroatoms. The summed E-state index contributed by atoms with van der Waals surface area (Å²) < 4.78 is 18.5. The van der Waals surface area contributed by atoms with Crippen LogP contribution in [0.1, 0.15) is 93.2 Å². The van der Waals surface area contributed by atoms with Gasteiger partial charge in [0, 0.05) is 69.9 Å². The molecule has 2 aliphatic carbocycles. The Morgan fingerprint density at radius 2 is 1.42 bits per heavy atom. The molecule has 280 valence electrons. The number of hydrogen-bond donors (Lipinski definition) is 1. The minimum atomic E-state index is -1.13. The maximum absolute atomic E-state index is 13.2. The number of ketones is 2. The van der Waals surface area contributed by atoms with Gasteiger partial charge in [-0.15, -0.1) is 22.7 Å². The highest BCUT2D eigenvalue weighted by Gasteiger charge is 2.28. The van der Waals surface area contributed by atoms with Crippen LogP contribution < -0.4 is 0 Å². The fraction of sp³-hybridized carbons (Fsp3) is 0.632. The van der Waals surface area contributed by atoms with Gasteiger partial charge in [0.25, 0.3) is 0 Å². The third kappa shape index (κ3) is 9.42. The van der Waals surface area contributed by atoms with Crippen molar-refractivity contribution in [3.63, 3.8) is 0 Å². The molecule has 0 amide bonds. The van der Waals surface area contributed by atoms with Crippen molar-refractivity contribution in [3.8, 4) is 21.4 Å². The molecule has 2 saturated heterocycles. The molecule has 4 aromatic rings. The van der Waals surface area contributed by atoms with Crippen molar-refractivity contribution in [1.82, 2.24) is 29.9 Å². The highest BCUT2D eigenvalue weighted by atomic mass is 32.1. The second-order valence-electron chi connectivity index (χ2n) is 15.8. The highest BCUT2D eigenvalue weighted by Crippen LogP contribution is 2.36. The lowest BCUT2D eigenvalue weighted by molar-refractivity contribution is 0.0596. The number of fused-ring (bicyclic) bond motifs is 2. The first kappa shape index (κ1) is 37.4. The van der Waals surface area contributed by atoms with E-state index >= 15 is 0 Å². The molecular weight excluding hydrogens is 713 g/mol. The minimum Gasteiger partial charge on any atom is -0.381 e. The lowest BCUT2D eigenvalue weighted by Crippen LogP contribution is -2.22.